The molecular weight excluding hydrogens is 274 g/mol. The van der Waals surface area contributed by atoms with Crippen LogP contribution >= 0.6 is 0 Å². The number of esters is 1. The molecule has 0 saturated carbocycles. The van der Waals surface area contributed by atoms with Gasteiger partial charge in [-0.2, -0.15) is 0 Å². The van der Waals surface area contributed by atoms with Gasteiger partial charge in [0.1, 0.15) is 6.04 Å². The van der Waals surface area contributed by atoms with Crippen LogP contribution < -0.4 is 5.32 Å². The van der Waals surface area contributed by atoms with Crippen molar-refractivity contribution in [3.63, 3.8) is 0 Å². The van der Waals surface area contributed by atoms with E-state index in [1.54, 1.807) is 0 Å². The van der Waals surface area contributed by atoms with Crippen molar-refractivity contribution in [2.45, 2.75) is 13.0 Å². The monoisotopic (exact) mass is 293 g/mol. The second kappa shape index (κ2) is 6.48. The van der Waals surface area contributed by atoms with Crippen LogP contribution in [0.2, 0.25) is 0 Å². The first-order valence-corrected chi connectivity index (χ1v) is 7.55. The summed E-state index contributed by atoms with van der Waals surface area (Å²) in [7, 11) is 0. The lowest BCUT2D eigenvalue weighted by Gasteiger charge is -2.25. The summed E-state index contributed by atoms with van der Waals surface area (Å²) in [6.07, 6.45) is 12.0. The number of ether oxygens (including phenoxy) is 1. The fraction of sp³-hybridized carbons (Fsp3) is 0.211. The average Bonchev–Trinajstić information content (AvgIpc) is 2.75. The average molecular weight is 293 g/mol. The molecule has 2 aliphatic rings. The molecule has 0 saturated heterocycles. The number of benzene rings is 1. The van der Waals surface area contributed by atoms with E-state index >= 15 is 0 Å². The largest absolute Gasteiger partial charge is 0.464 e. The van der Waals surface area contributed by atoms with Gasteiger partial charge >= 0.3 is 5.97 Å². The van der Waals surface area contributed by atoms with Crippen molar-refractivity contribution >= 4 is 11.5 Å². The van der Waals surface area contributed by atoms with Gasteiger partial charge < -0.3 is 10.1 Å². The lowest BCUT2D eigenvalue weighted by Crippen LogP contribution is -2.41. The molecule has 0 aromatic heterocycles. The first-order valence-electron chi connectivity index (χ1n) is 7.55. The topological polar surface area (TPSA) is 38.3 Å². The van der Waals surface area contributed by atoms with E-state index in [2.05, 4.69) is 29.6 Å². The zero-order chi connectivity index (χ0) is 15.4. The molecule has 3 heteroatoms. The van der Waals surface area contributed by atoms with Crippen molar-refractivity contribution < 1.29 is 9.53 Å². The van der Waals surface area contributed by atoms with Crippen molar-refractivity contribution in [1.82, 2.24) is 5.32 Å². The Morgan fingerprint density at radius 2 is 2.00 bits per heavy atom. The Bertz CT molecular complexity index is 668. The van der Waals surface area contributed by atoms with E-state index in [4.69, 9.17) is 4.74 Å². The quantitative estimate of drug-likeness (QED) is 0.870. The Morgan fingerprint density at radius 3 is 2.77 bits per heavy atom. The second-order valence-electron chi connectivity index (χ2n) is 5.23. The molecule has 112 valence electrons. The third kappa shape index (κ3) is 2.75. The molecule has 1 N–H and O–H groups in total. The summed E-state index contributed by atoms with van der Waals surface area (Å²) in [5.41, 5.74) is 3.41. The van der Waals surface area contributed by atoms with Crippen molar-refractivity contribution in [3.05, 3.63) is 78.0 Å². The normalized spacial score (nSPS) is 22.8. The van der Waals surface area contributed by atoms with Gasteiger partial charge in [-0.3, -0.25) is 0 Å². The Kier molecular flexibility index (Phi) is 4.24. The molecule has 2 unspecified atom stereocenters. The predicted octanol–water partition coefficient (Wildman–Crippen LogP) is 3.23. The Hall–Kier alpha value is -2.55. The lowest BCUT2D eigenvalue weighted by atomic mass is 9.84. The van der Waals surface area contributed by atoms with Gasteiger partial charge in [0, 0.05) is 5.92 Å². The Labute approximate surface area is 130 Å². The van der Waals surface area contributed by atoms with Crippen LogP contribution in [0, 0.1) is 5.92 Å². The molecule has 0 bridgehead atoms. The van der Waals surface area contributed by atoms with Gasteiger partial charge in [0.2, 0.25) is 0 Å². The molecule has 0 spiro atoms. The van der Waals surface area contributed by atoms with E-state index in [1.807, 2.05) is 49.6 Å². The summed E-state index contributed by atoms with van der Waals surface area (Å²) in [6, 6.07) is 9.82. The fourth-order valence-corrected chi connectivity index (χ4v) is 2.88. The molecule has 22 heavy (non-hydrogen) atoms. The SMILES string of the molecule is CCOC(=O)C1NC=CC(c2ccccc2)=C2C=CC=CC21. The van der Waals surface area contributed by atoms with Crippen LogP contribution in [0.3, 0.4) is 0 Å². The first-order chi connectivity index (χ1) is 10.8. The highest BCUT2D eigenvalue weighted by Crippen LogP contribution is 2.33. The van der Waals surface area contributed by atoms with E-state index in [-0.39, 0.29) is 11.9 Å². The number of hydrogen-bond donors (Lipinski definition) is 1. The molecule has 1 aromatic rings. The van der Waals surface area contributed by atoms with Crippen LogP contribution in [0.25, 0.3) is 5.57 Å². The van der Waals surface area contributed by atoms with Gasteiger partial charge in [0.25, 0.3) is 0 Å². The molecule has 3 rings (SSSR count). The van der Waals surface area contributed by atoms with Crippen LogP contribution in [-0.2, 0) is 9.53 Å². The van der Waals surface area contributed by atoms with Crippen molar-refractivity contribution in [3.8, 4) is 0 Å². The molecule has 0 fully saturated rings. The third-order valence-corrected chi connectivity index (χ3v) is 3.89. The maximum atomic E-state index is 12.2. The van der Waals surface area contributed by atoms with Gasteiger partial charge in [-0.05, 0) is 35.9 Å². The van der Waals surface area contributed by atoms with E-state index in [9.17, 15) is 4.79 Å². The number of hydrogen-bond acceptors (Lipinski definition) is 3. The highest BCUT2D eigenvalue weighted by atomic mass is 16.5. The summed E-state index contributed by atoms with van der Waals surface area (Å²) in [5, 5.41) is 3.18. The van der Waals surface area contributed by atoms with Crippen LogP contribution in [0.1, 0.15) is 12.5 Å². The number of carbonyl (C=O) groups is 1. The van der Waals surface area contributed by atoms with Gasteiger partial charge in [-0.25, -0.2) is 4.79 Å². The highest BCUT2D eigenvalue weighted by Gasteiger charge is 2.32. The Morgan fingerprint density at radius 1 is 1.18 bits per heavy atom. The summed E-state index contributed by atoms with van der Waals surface area (Å²) in [4.78, 5) is 12.2. The van der Waals surface area contributed by atoms with Gasteiger partial charge in [-0.15, -0.1) is 0 Å². The predicted molar refractivity (Wildman–Crippen MR) is 87.8 cm³/mol. The third-order valence-electron chi connectivity index (χ3n) is 3.89. The maximum absolute atomic E-state index is 12.2. The lowest BCUT2D eigenvalue weighted by molar-refractivity contribution is -0.146. The van der Waals surface area contributed by atoms with Crippen molar-refractivity contribution in [2.75, 3.05) is 6.61 Å². The molecule has 1 aliphatic heterocycles. The van der Waals surface area contributed by atoms with Gasteiger partial charge in [0.15, 0.2) is 0 Å². The van der Waals surface area contributed by atoms with Gasteiger partial charge in [0.05, 0.1) is 6.61 Å². The highest BCUT2D eigenvalue weighted by molar-refractivity contribution is 5.84. The zero-order valence-corrected chi connectivity index (χ0v) is 12.5. The number of allylic oxidation sites excluding steroid dienone is 5. The first kappa shape index (κ1) is 14.4. The fourth-order valence-electron chi connectivity index (χ4n) is 2.88. The molecule has 1 heterocycles. The van der Waals surface area contributed by atoms with Crippen molar-refractivity contribution in [2.24, 2.45) is 5.92 Å². The molecular formula is C19H19NO2. The Balaban J connectivity index is 2.04. The van der Waals surface area contributed by atoms with E-state index in [0.29, 0.717) is 6.61 Å². The smallest absolute Gasteiger partial charge is 0.329 e. The van der Waals surface area contributed by atoms with Gasteiger partial charge in [-0.1, -0.05) is 54.6 Å². The molecule has 1 aromatic carbocycles. The van der Waals surface area contributed by atoms with E-state index < -0.39 is 6.04 Å². The molecule has 3 nitrogen and oxygen atoms in total. The maximum Gasteiger partial charge on any atom is 0.329 e. The molecule has 0 amide bonds. The van der Waals surface area contributed by atoms with Crippen LogP contribution in [0.5, 0.6) is 0 Å². The van der Waals surface area contributed by atoms with E-state index in [0.717, 1.165) is 16.7 Å². The summed E-state index contributed by atoms with van der Waals surface area (Å²) in [5.74, 6) is -0.252. The van der Waals surface area contributed by atoms with Crippen LogP contribution in [0.4, 0.5) is 0 Å². The van der Waals surface area contributed by atoms with Crippen LogP contribution in [-0.4, -0.2) is 18.6 Å². The summed E-state index contributed by atoms with van der Waals surface area (Å²) >= 11 is 0. The molecule has 0 radical (unpaired) electrons. The van der Waals surface area contributed by atoms with Crippen molar-refractivity contribution in [1.29, 1.82) is 0 Å². The summed E-state index contributed by atoms with van der Waals surface area (Å²) in [6.45, 7) is 2.21. The number of rotatable bonds is 3. The zero-order valence-electron chi connectivity index (χ0n) is 12.5. The minimum atomic E-state index is -0.395. The molecule has 1 aliphatic carbocycles. The number of carbonyl (C=O) groups excluding carboxylic acids is 1. The molecule has 2 atom stereocenters. The van der Waals surface area contributed by atoms with Crippen LogP contribution in [0.15, 0.2) is 72.5 Å². The number of fused-ring (bicyclic) bond motifs is 1. The minimum Gasteiger partial charge on any atom is -0.464 e. The number of nitrogens with one attached hydrogen (secondary N) is 1. The minimum absolute atomic E-state index is 0.0331. The summed E-state index contributed by atoms with van der Waals surface area (Å²) < 4.78 is 5.21. The standard InChI is InChI=1S/C19H19NO2/c1-2-22-19(21)18-17-11-7-6-10-16(17)15(12-13-20-18)14-8-4-3-5-9-14/h3-13,17-18,20H,2H2,1H3. The van der Waals surface area contributed by atoms with E-state index in [1.165, 1.54) is 0 Å². The second-order valence-corrected chi connectivity index (χ2v) is 5.23.